The molecular formula is C31H38N6O3. The monoisotopic (exact) mass is 542 g/mol. The molecule has 40 heavy (non-hydrogen) atoms. The van der Waals surface area contributed by atoms with E-state index in [-0.39, 0.29) is 23.2 Å². The third kappa shape index (κ3) is 5.30. The number of benzene rings is 2. The number of fused-ring (bicyclic) bond motifs is 2. The van der Waals surface area contributed by atoms with Gasteiger partial charge in [0.2, 0.25) is 5.91 Å². The molecule has 0 saturated carbocycles. The fourth-order valence-electron chi connectivity index (χ4n) is 6.26. The van der Waals surface area contributed by atoms with E-state index in [4.69, 9.17) is 14.7 Å². The lowest BCUT2D eigenvalue weighted by molar-refractivity contribution is -0.126. The van der Waals surface area contributed by atoms with Crippen LogP contribution in [0, 0.1) is 0 Å². The first-order valence-corrected chi connectivity index (χ1v) is 14.2. The molecule has 0 spiro atoms. The van der Waals surface area contributed by atoms with E-state index < -0.39 is 0 Å². The van der Waals surface area contributed by atoms with Gasteiger partial charge in [-0.15, -0.1) is 0 Å². The van der Waals surface area contributed by atoms with Crippen LogP contribution >= 0.6 is 0 Å². The molecule has 0 aliphatic carbocycles. The molecule has 0 bridgehead atoms. The number of amides is 1. The van der Waals surface area contributed by atoms with Crippen molar-refractivity contribution in [1.82, 2.24) is 20.2 Å². The first-order valence-electron chi connectivity index (χ1n) is 14.2. The fraction of sp³-hybridized carbons (Fsp3) is 0.452. The van der Waals surface area contributed by atoms with Crippen LogP contribution in [0.1, 0.15) is 37.9 Å². The Kier molecular flexibility index (Phi) is 7.00. The highest BCUT2D eigenvalue weighted by Gasteiger charge is 2.32. The maximum atomic E-state index is 12.2. The SMILES string of the molecule is C=CC(=O)N1CCN(c2nc(OCC3CCC(C)(C)N3)nc3c2CCN(c2cc(O)cc4ccccc24)C3)CC1. The van der Waals surface area contributed by atoms with Gasteiger partial charge in [0.1, 0.15) is 18.2 Å². The molecule has 9 heteroatoms. The van der Waals surface area contributed by atoms with E-state index >= 15 is 0 Å². The van der Waals surface area contributed by atoms with Crippen LogP contribution in [0.25, 0.3) is 10.8 Å². The number of nitrogens with zero attached hydrogens (tertiary/aromatic N) is 5. The van der Waals surface area contributed by atoms with E-state index in [1.165, 1.54) is 6.08 Å². The van der Waals surface area contributed by atoms with Crippen LogP contribution in [0.2, 0.25) is 0 Å². The molecule has 6 rings (SSSR count). The molecule has 3 aliphatic heterocycles. The van der Waals surface area contributed by atoms with Crippen LogP contribution < -0.4 is 19.9 Å². The van der Waals surface area contributed by atoms with Crippen molar-refractivity contribution in [2.45, 2.75) is 51.2 Å². The summed E-state index contributed by atoms with van der Waals surface area (Å²) in [4.78, 5) is 28.4. The lowest BCUT2D eigenvalue weighted by Gasteiger charge is -2.38. The lowest BCUT2D eigenvalue weighted by Crippen LogP contribution is -2.49. The number of anilines is 2. The third-order valence-electron chi connectivity index (χ3n) is 8.38. The second kappa shape index (κ2) is 10.6. The largest absolute Gasteiger partial charge is 0.508 e. The number of phenolic OH excluding ortho intramolecular Hbond substituents is 1. The molecule has 2 N–H and O–H groups in total. The van der Waals surface area contributed by atoms with Gasteiger partial charge in [0.25, 0.3) is 0 Å². The highest BCUT2D eigenvalue weighted by atomic mass is 16.5. The zero-order chi connectivity index (χ0) is 27.9. The molecule has 9 nitrogen and oxygen atoms in total. The van der Waals surface area contributed by atoms with Crippen LogP contribution in [-0.4, -0.2) is 76.8 Å². The van der Waals surface area contributed by atoms with Crippen molar-refractivity contribution in [2.24, 2.45) is 0 Å². The molecular weight excluding hydrogens is 504 g/mol. The van der Waals surface area contributed by atoms with Crippen molar-refractivity contribution in [3.8, 4) is 11.8 Å². The summed E-state index contributed by atoms with van der Waals surface area (Å²) in [5.41, 5.74) is 3.20. The molecule has 2 saturated heterocycles. The minimum Gasteiger partial charge on any atom is -0.508 e. The van der Waals surface area contributed by atoms with Gasteiger partial charge in [0.15, 0.2) is 0 Å². The highest BCUT2D eigenvalue weighted by Crippen LogP contribution is 2.36. The van der Waals surface area contributed by atoms with Gasteiger partial charge in [-0.2, -0.15) is 9.97 Å². The number of piperazine rings is 1. The summed E-state index contributed by atoms with van der Waals surface area (Å²) >= 11 is 0. The first-order chi connectivity index (χ1) is 19.3. The average Bonchev–Trinajstić information content (AvgIpc) is 3.32. The highest BCUT2D eigenvalue weighted by molar-refractivity contribution is 5.95. The van der Waals surface area contributed by atoms with E-state index in [0.717, 1.165) is 59.3 Å². The Labute approximate surface area is 235 Å². The van der Waals surface area contributed by atoms with Crippen LogP contribution in [0.15, 0.2) is 49.1 Å². The average molecular weight is 543 g/mol. The Morgan fingerprint density at radius 1 is 1.15 bits per heavy atom. The summed E-state index contributed by atoms with van der Waals surface area (Å²) in [5.74, 6) is 1.13. The van der Waals surface area contributed by atoms with Gasteiger partial charge >= 0.3 is 6.01 Å². The number of nitrogens with one attached hydrogen (secondary N) is 1. The quantitative estimate of drug-likeness (QED) is 0.456. The van der Waals surface area contributed by atoms with Gasteiger partial charge < -0.3 is 29.9 Å². The summed E-state index contributed by atoms with van der Waals surface area (Å²) in [7, 11) is 0. The van der Waals surface area contributed by atoms with E-state index in [1.807, 2.05) is 29.2 Å². The van der Waals surface area contributed by atoms with Crippen molar-refractivity contribution in [2.75, 3.05) is 49.1 Å². The molecule has 0 radical (unpaired) electrons. The van der Waals surface area contributed by atoms with E-state index in [9.17, 15) is 9.90 Å². The van der Waals surface area contributed by atoms with Crippen molar-refractivity contribution >= 4 is 28.2 Å². The van der Waals surface area contributed by atoms with Gasteiger partial charge in [0.05, 0.1) is 12.2 Å². The third-order valence-corrected chi connectivity index (χ3v) is 8.38. The number of hydrogen-bond acceptors (Lipinski definition) is 8. The summed E-state index contributed by atoms with van der Waals surface area (Å²) in [6, 6.07) is 12.4. The van der Waals surface area contributed by atoms with Gasteiger partial charge in [0, 0.05) is 67.0 Å². The predicted molar refractivity (Wildman–Crippen MR) is 157 cm³/mol. The molecule has 3 aliphatic rings. The number of carbonyl (C=O) groups is 1. The number of rotatable bonds is 6. The predicted octanol–water partition coefficient (Wildman–Crippen LogP) is 3.64. The Morgan fingerprint density at radius 3 is 2.70 bits per heavy atom. The Hall–Kier alpha value is -3.85. The Morgan fingerprint density at radius 2 is 1.95 bits per heavy atom. The molecule has 1 aromatic heterocycles. The normalized spacial score (nSPS) is 20.4. The smallest absolute Gasteiger partial charge is 0.318 e. The second-order valence-electron chi connectivity index (χ2n) is 11.7. The fourth-order valence-corrected chi connectivity index (χ4v) is 6.26. The number of aromatic nitrogens is 2. The molecule has 210 valence electrons. The zero-order valence-corrected chi connectivity index (χ0v) is 23.4. The van der Waals surface area contributed by atoms with E-state index in [0.29, 0.717) is 45.3 Å². The molecule has 2 fully saturated rings. The maximum Gasteiger partial charge on any atom is 0.318 e. The van der Waals surface area contributed by atoms with Crippen molar-refractivity contribution < 1.29 is 14.6 Å². The van der Waals surface area contributed by atoms with Crippen molar-refractivity contribution in [1.29, 1.82) is 0 Å². The van der Waals surface area contributed by atoms with Crippen molar-refractivity contribution in [3.63, 3.8) is 0 Å². The van der Waals surface area contributed by atoms with Crippen molar-refractivity contribution in [3.05, 3.63) is 60.3 Å². The molecule has 1 atom stereocenters. The van der Waals surface area contributed by atoms with Crippen LogP contribution in [-0.2, 0) is 17.8 Å². The number of hydrogen-bond donors (Lipinski definition) is 2. The number of ether oxygens (including phenoxy) is 1. The lowest BCUT2D eigenvalue weighted by atomic mass is 10.0. The topological polar surface area (TPSA) is 94.1 Å². The van der Waals surface area contributed by atoms with Crippen LogP contribution in [0.3, 0.4) is 0 Å². The standard InChI is InChI=1S/C31H38N6O3/c1-4-28(39)35-13-15-36(16-14-35)29-25-10-12-37(27-18-23(38)17-21-7-5-6-8-24(21)27)19-26(25)32-30(33-29)40-20-22-9-11-31(2,3)34-22/h4-8,17-18,22,34,38H,1,9-16,19-20H2,2-3H3. The molecule has 1 amide bonds. The van der Waals surface area contributed by atoms with Gasteiger partial charge in [-0.05, 0) is 50.6 Å². The zero-order valence-electron chi connectivity index (χ0n) is 23.4. The summed E-state index contributed by atoms with van der Waals surface area (Å²) < 4.78 is 6.24. The van der Waals surface area contributed by atoms with Crippen LogP contribution in [0.4, 0.5) is 11.5 Å². The second-order valence-corrected chi connectivity index (χ2v) is 11.7. The summed E-state index contributed by atoms with van der Waals surface area (Å²) in [6.45, 7) is 12.6. The molecule has 3 aromatic rings. The number of carbonyl (C=O) groups excluding carboxylic acids is 1. The van der Waals surface area contributed by atoms with E-state index in [1.54, 1.807) is 6.07 Å². The summed E-state index contributed by atoms with van der Waals surface area (Å²) in [6.07, 6.45) is 4.32. The minimum atomic E-state index is -0.0330. The number of aromatic hydroxyl groups is 1. The first kappa shape index (κ1) is 26.4. The molecule has 4 heterocycles. The molecule has 1 unspecified atom stereocenters. The van der Waals surface area contributed by atoms with Gasteiger partial charge in [-0.3, -0.25) is 4.79 Å². The minimum absolute atomic E-state index is 0.0330. The van der Waals surface area contributed by atoms with Gasteiger partial charge in [-0.25, -0.2) is 0 Å². The maximum absolute atomic E-state index is 12.2. The number of phenols is 1. The Bertz CT molecular complexity index is 1430. The van der Waals surface area contributed by atoms with Gasteiger partial charge in [-0.1, -0.05) is 30.8 Å². The summed E-state index contributed by atoms with van der Waals surface area (Å²) in [5, 5.41) is 16.2. The van der Waals surface area contributed by atoms with Crippen LogP contribution in [0.5, 0.6) is 11.8 Å². The molecule has 2 aromatic carbocycles. The van der Waals surface area contributed by atoms with E-state index in [2.05, 4.69) is 41.6 Å². The Balaban J connectivity index is 1.30.